The summed E-state index contributed by atoms with van der Waals surface area (Å²) in [5.74, 6) is 1.21. The minimum Gasteiger partial charge on any atom is -0.367 e. The van der Waals surface area contributed by atoms with Gasteiger partial charge in [0.2, 0.25) is 5.91 Å². The summed E-state index contributed by atoms with van der Waals surface area (Å²) in [5, 5.41) is 7.15. The van der Waals surface area contributed by atoms with Crippen LogP contribution in [0.15, 0.2) is 48.8 Å². The van der Waals surface area contributed by atoms with Gasteiger partial charge < -0.3 is 14.8 Å². The average molecular weight is 406 g/mol. The molecule has 2 aromatic heterocycles. The molecule has 2 N–H and O–H groups in total. The summed E-state index contributed by atoms with van der Waals surface area (Å²) in [6.07, 6.45) is 4.24. The second kappa shape index (κ2) is 8.52. The van der Waals surface area contributed by atoms with Crippen molar-refractivity contribution in [2.45, 2.75) is 38.8 Å². The van der Waals surface area contributed by atoms with E-state index in [9.17, 15) is 9.59 Å². The number of benzene rings is 1. The molecule has 3 aromatic rings. The van der Waals surface area contributed by atoms with Crippen molar-refractivity contribution in [3.05, 3.63) is 71.6 Å². The number of carbonyl (C=O) groups is 2. The molecule has 2 atom stereocenters. The van der Waals surface area contributed by atoms with Crippen LogP contribution in [0.25, 0.3) is 0 Å². The quantitative estimate of drug-likeness (QED) is 0.677. The molecule has 3 heterocycles. The smallest absolute Gasteiger partial charge is 0.255 e. The van der Waals surface area contributed by atoms with Crippen LogP contribution in [0.5, 0.6) is 0 Å². The van der Waals surface area contributed by atoms with E-state index in [-0.39, 0.29) is 30.3 Å². The molecule has 1 aliphatic heterocycles. The second-order valence-corrected chi connectivity index (χ2v) is 7.70. The predicted octanol–water partition coefficient (Wildman–Crippen LogP) is 2.03. The van der Waals surface area contributed by atoms with Crippen molar-refractivity contribution >= 4 is 11.8 Å². The molecule has 1 aromatic carbocycles. The average Bonchev–Trinajstić information content (AvgIpc) is 3.43. The van der Waals surface area contributed by atoms with Crippen molar-refractivity contribution in [2.24, 2.45) is 0 Å². The van der Waals surface area contributed by atoms with Crippen LogP contribution in [0.1, 0.15) is 41.4 Å². The van der Waals surface area contributed by atoms with Gasteiger partial charge in [-0.1, -0.05) is 30.3 Å². The molecule has 1 saturated heterocycles. The number of amides is 2. The van der Waals surface area contributed by atoms with E-state index in [2.05, 4.69) is 20.2 Å². The first-order valence-corrected chi connectivity index (χ1v) is 10.2. The number of hydrogen-bond acceptors (Lipinski definition) is 4. The minimum absolute atomic E-state index is 0.0118. The van der Waals surface area contributed by atoms with Crippen LogP contribution in [0.2, 0.25) is 0 Å². The summed E-state index contributed by atoms with van der Waals surface area (Å²) in [5.41, 5.74) is 1.78. The zero-order chi connectivity index (χ0) is 21.1. The van der Waals surface area contributed by atoms with Gasteiger partial charge in [0.25, 0.3) is 5.91 Å². The van der Waals surface area contributed by atoms with Crippen molar-refractivity contribution in [2.75, 3.05) is 13.1 Å². The van der Waals surface area contributed by atoms with Crippen LogP contribution in [0.3, 0.4) is 0 Å². The van der Waals surface area contributed by atoms with Crippen LogP contribution in [0, 0.1) is 0 Å². The van der Waals surface area contributed by atoms with Crippen molar-refractivity contribution in [3.63, 3.8) is 0 Å². The number of carbonyl (C=O) groups excluding carboxylic acids is 2. The van der Waals surface area contributed by atoms with Gasteiger partial charge in [-0.25, -0.2) is 4.98 Å². The highest BCUT2D eigenvalue weighted by Crippen LogP contribution is 2.20. The van der Waals surface area contributed by atoms with Crippen molar-refractivity contribution in [1.82, 2.24) is 30.0 Å². The summed E-state index contributed by atoms with van der Waals surface area (Å²) in [6, 6.07) is 11.6. The van der Waals surface area contributed by atoms with Gasteiger partial charge in [0, 0.05) is 44.0 Å². The largest absolute Gasteiger partial charge is 0.367 e. The standard InChI is InChI=1S/C22H26N6O2/c1-15-16(2)28(22(30)18-8-9-23-14-18)11-10-27(15)21(29)13-20-24-19(25-26-20)12-17-6-4-3-5-7-17/h3-9,14-16,23H,10-13H2,1-2H3,(H,24,25,26)/t15-,16+/m0/s1. The van der Waals surface area contributed by atoms with E-state index in [1.165, 1.54) is 0 Å². The van der Waals surface area contributed by atoms with Gasteiger partial charge in [-0.3, -0.25) is 14.7 Å². The summed E-state index contributed by atoms with van der Waals surface area (Å²) < 4.78 is 0. The lowest BCUT2D eigenvalue weighted by Crippen LogP contribution is -2.60. The highest BCUT2D eigenvalue weighted by Gasteiger charge is 2.36. The highest BCUT2D eigenvalue weighted by atomic mass is 16.2. The number of aromatic amines is 2. The van der Waals surface area contributed by atoms with E-state index >= 15 is 0 Å². The second-order valence-electron chi connectivity index (χ2n) is 7.70. The molecule has 0 saturated carbocycles. The van der Waals surface area contributed by atoms with Crippen molar-refractivity contribution in [1.29, 1.82) is 0 Å². The summed E-state index contributed by atoms with van der Waals surface area (Å²) in [4.78, 5) is 36.7. The summed E-state index contributed by atoms with van der Waals surface area (Å²) in [7, 11) is 0. The Labute approximate surface area is 175 Å². The fourth-order valence-electron chi connectivity index (χ4n) is 3.92. The monoisotopic (exact) mass is 406 g/mol. The van der Waals surface area contributed by atoms with Crippen LogP contribution >= 0.6 is 0 Å². The SMILES string of the molecule is C[C@@H]1[C@H](C)N(C(=O)Cc2n[nH]c(Cc3ccccc3)n2)CCN1C(=O)c1cc[nH]c1. The Bertz CT molecular complexity index is 998. The van der Waals surface area contributed by atoms with Gasteiger partial charge in [0.15, 0.2) is 5.82 Å². The molecule has 0 unspecified atom stereocenters. The third-order valence-corrected chi connectivity index (χ3v) is 5.79. The van der Waals surface area contributed by atoms with Crippen LogP contribution in [-0.2, 0) is 17.6 Å². The van der Waals surface area contributed by atoms with Crippen LogP contribution in [0.4, 0.5) is 0 Å². The zero-order valence-corrected chi connectivity index (χ0v) is 17.2. The Morgan fingerprint density at radius 3 is 2.53 bits per heavy atom. The van der Waals surface area contributed by atoms with Gasteiger partial charge in [-0.15, -0.1) is 0 Å². The Balaban J connectivity index is 1.37. The van der Waals surface area contributed by atoms with Crippen LogP contribution in [-0.4, -0.2) is 67.0 Å². The molecule has 0 aliphatic carbocycles. The Kier molecular flexibility index (Phi) is 5.65. The Morgan fingerprint density at radius 1 is 1.07 bits per heavy atom. The molecular weight excluding hydrogens is 380 g/mol. The molecular formula is C22H26N6O2. The van der Waals surface area contributed by atoms with Gasteiger partial charge in [-0.05, 0) is 25.5 Å². The lowest BCUT2D eigenvalue weighted by atomic mass is 10.0. The molecule has 30 heavy (non-hydrogen) atoms. The Hall–Kier alpha value is -3.42. The topological polar surface area (TPSA) is 98.0 Å². The van der Waals surface area contributed by atoms with Crippen LogP contribution < -0.4 is 0 Å². The normalized spacial score (nSPS) is 19.1. The molecule has 0 radical (unpaired) electrons. The third-order valence-electron chi connectivity index (χ3n) is 5.79. The minimum atomic E-state index is -0.0862. The molecule has 1 aliphatic rings. The van der Waals surface area contributed by atoms with E-state index in [1.54, 1.807) is 18.5 Å². The fourth-order valence-corrected chi connectivity index (χ4v) is 3.92. The number of H-pyrrole nitrogens is 2. The molecule has 0 spiro atoms. The number of nitrogens with one attached hydrogen (secondary N) is 2. The molecule has 156 valence electrons. The molecule has 2 amide bonds. The maximum Gasteiger partial charge on any atom is 0.255 e. The maximum atomic E-state index is 12.9. The molecule has 0 bridgehead atoms. The maximum absolute atomic E-state index is 12.9. The summed E-state index contributed by atoms with van der Waals surface area (Å²) >= 11 is 0. The number of rotatable bonds is 5. The highest BCUT2D eigenvalue weighted by molar-refractivity contribution is 5.94. The van der Waals surface area contributed by atoms with E-state index in [4.69, 9.17) is 0 Å². The van der Waals surface area contributed by atoms with E-state index in [0.717, 1.165) is 11.4 Å². The lowest BCUT2D eigenvalue weighted by molar-refractivity contribution is -0.136. The van der Waals surface area contributed by atoms with Crippen molar-refractivity contribution < 1.29 is 9.59 Å². The number of piperazine rings is 1. The summed E-state index contributed by atoms with van der Waals surface area (Å²) in [6.45, 7) is 4.98. The number of nitrogens with zero attached hydrogens (tertiary/aromatic N) is 4. The van der Waals surface area contributed by atoms with Gasteiger partial charge in [0.1, 0.15) is 5.82 Å². The molecule has 8 heteroatoms. The predicted molar refractivity (Wildman–Crippen MR) is 112 cm³/mol. The van der Waals surface area contributed by atoms with Gasteiger partial charge >= 0.3 is 0 Å². The van der Waals surface area contributed by atoms with Gasteiger partial charge in [0.05, 0.1) is 12.0 Å². The number of hydrogen-bond donors (Lipinski definition) is 2. The first kappa shape index (κ1) is 19.9. The number of aromatic nitrogens is 4. The first-order chi connectivity index (χ1) is 14.5. The lowest BCUT2D eigenvalue weighted by Gasteiger charge is -2.45. The van der Waals surface area contributed by atoms with Gasteiger partial charge in [-0.2, -0.15) is 5.10 Å². The molecule has 4 rings (SSSR count). The Morgan fingerprint density at radius 2 is 1.80 bits per heavy atom. The van der Waals surface area contributed by atoms with E-state index in [1.807, 2.05) is 54.0 Å². The van der Waals surface area contributed by atoms with E-state index < -0.39 is 0 Å². The third kappa shape index (κ3) is 4.12. The van der Waals surface area contributed by atoms with E-state index in [0.29, 0.717) is 30.9 Å². The molecule has 8 nitrogen and oxygen atoms in total. The van der Waals surface area contributed by atoms with Crippen molar-refractivity contribution in [3.8, 4) is 0 Å². The fraction of sp³-hybridized carbons (Fsp3) is 0.364. The first-order valence-electron chi connectivity index (χ1n) is 10.2. The zero-order valence-electron chi connectivity index (χ0n) is 17.2. The molecule has 1 fully saturated rings.